The van der Waals surface area contributed by atoms with Crippen molar-refractivity contribution in [3.63, 3.8) is 0 Å². The van der Waals surface area contributed by atoms with Crippen LogP contribution in [0.2, 0.25) is 5.02 Å². The molecule has 0 saturated heterocycles. The normalized spacial score (nSPS) is 11.0. The van der Waals surface area contributed by atoms with Gasteiger partial charge in [0.1, 0.15) is 0 Å². The molecule has 4 aromatic rings. The number of carbonyl (C=O) groups is 1. The van der Waals surface area contributed by atoms with E-state index in [1.54, 1.807) is 91.3 Å². The maximum Gasteiger partial charge on any atom is 0.319 e. The summed E-state index contributed by atoms with van der Waals surface area (Å²) in [6.45, 7) is 0.337. The molecule has 9 heteroatoms. The Hall–Kier alpha value is -3.88. The molecule has 172 valence electrons. The number of pyridine rings is 1. The summed E-state index contributed by atoms with van der Waals surface area (Å²) in [6, 6.07) is 23.4. The highest BCUT2D eigenvalue weighted by atomic mass is 35.5. The van der Waals surface area contributed by atoms with Gasteiger partial charge in [-0.05, 0) is 59.7 Å². The second-order valence-corrected chi connectivity index (χ2v) is 9.45. The number of amides is 2. The van der Waals surface area contributed by atoms with Crippen LogP contribution in [0, 0.1) is 0 Å². The Balaban J connectivity index is 1.44. The van der Waals surface area contributed by atoms with E-state index in [-0.39, 0.29) is 10.9 Å². The third kappa shape index (κ3) is 5.92. The van der Waals surface area contributed by atoms with Crippen molar-refractivity contribution in [1.29, 1.82) is 0 Å². The van der Waals surface area contributed by atoms with Crippen LogP contribution in [0.1, 0.15) is 5.56 Å². The second-order valence-electron chi connectivity index (χ2n) is 7.36. The molecule has 0 aliphatic heterocycles. The van der Waals surface area contributed by atoms with Crippen LogP contribution in [0.4, 0.5) is 16.2 Å². The molecule has 1 aromatic heterocycles. The second kappa shape index (κ2) is 10.4. The molecule has 0 spiro atoms. The molecule has 0 fully saturated rings. The molecule has 1 heterocycles. The molecule has 0 radical (unpaired) electrons. The predicted octanol–water partition coefficient (Wildman–Crippen LogP) is 5.52. The Morgan fingerprint density at radius 3 is 2.38 bits per heavy atom. The minimum absolute atomic E-state index is 0.134. The minimum atomic E-state index is -3.88. The lowest BCUT2D eigenvalue weighted by molar-refractivity contribution is 0.251. The molecule has 0 atom stereocenters. The fourth-order valence-electron chi connectivity index (χ4n) is 3.29. The highest BCUT2D eigenvalue weighted by molar-refractivity contribution is 7.92. The van der Waals surface area contributed by atoms with Crippen molar-refractivity contribution in [3.8, 4) is 11.1 Å². The summed E-state index contributed by atoms with van der Waals surface area (Å²) >= 11 is 6.09. The Kier molecular flexibility index (Phi) is 7.10. The van der Waals surface area contributed by atoms with Gasteiger partial charge in [-0.3, -0.25) is 9.71 Å². The van der Waals surface area contributed by atoms with E-state index in [1.807, 2.05) is 6.07 Å². The molecule has 0 aliphatic rings. The summed E-state index contributed by atoms with van der Waals surface area (Å²) in [7, 11) is -3.88. The zero-order chi connectivity index (χ0) is 24.0. The molecule has 7 nitrogen and oxygen atoms in total. The maximum absolute atomic E-state index is 13.1. The minimum Gasteiger partial charge on any atom is -0.334 e. The number of carbonyl (C=O) groups excluding carboxylic acids is 1. The van der Waals surface area contributed by atoms with Crippen LogP contribution in [0.25, 0.3) is 11.1 Å². The fraction of sp³-hybridized carbons (Fsp3) is 0.0400. The highest BCUT2D eigenvalue weighted by Gasteiger charge is 2.19. The number of benzene rings is 3. The highest BCUT2D eigenvalue weighted by Crippen LogP contribution is 2.30. The average Bonchev–Trinajstić information content (AvgIpc) is 2.84. The van der Waals surface area contributed by atoms with Crippen molar-refractivity contribution in [1.82, 2.24) is 10.3 Å². The summed E-state index contributed by atoms with van der Waals surface area (Å²) in [5.41, 5.74) is 3.00. The molecule has 2 amide bonds. The van der Waals surface area contributed by atoms with Crippen molar-refractivity contribution in [2.45, 2.75) is 11.4 Å². The van der Waals surface area contributed by atoms with E-state index in [0.717, 1.165) is 5.56 Å². The molecule has 4 rings (SSSR count). The fourth-order valence-corrected chi connectivity index (χ4v) is 4.77. The number of hydrogen-bond acceptors (Lipinski definition) is 4. The van der Waals surface area contributed by atoms with Gasteiger partial charge in [-0.15, -0.1) is 0 Å². The summed E-state index contributed by atoms with van der Waals surface area (Å²) in [6.07, 6.45) is 3.33. The van der Waals surface area contributed by atoms with Gasteiger partial charge in [0.05, 0.1) is 4.90 Å². The number of urea groups is 1. The van der Waals surface area contributed by atoms with Crippen LogP contribution in [0.3, 0.4) is 0 Å². The van der Waals surface area contributed by atoms with Gasteiger partial charge >= 0.3 is 6.03 Å². The zero-order valence-electron chi connectivity index (χ0n) is 17.9. The number of aromatic nitrogens is 1. The van der Waals surface area contributed by atoms with Crippen molar-refractivity contribution < 1.29 is 13.2 Å². The Bertz CT molecular complexity index is 1400. The van der Waals surface area contributed by atoms with Crippen LogP contribution in [0.5, 0.6) is 0 Å². The number of nitrogens with one attached hydrogen (secondary N) is 3. The van der Waals surface area contributed by atoms with Crippen LogP contribution >= 0.6 is 11.6 Å². The molecule has 0 unspecified atom stereocenters. The number of hydrogen-bond donors (Lipinski definition) is 3. The average molecular weight is 493 g/mol. The van der Waals surface area contributed by atoms with Crippen LogP contribution in [0.15, 0.2) is 102 Å². The molecule has 0 aliphatic carbocycles. The van der Waals surface area contributed by atoms with Gasteiger partial charge in [0.15, 0.2) is 0 Å². The topological polar surface area (TPSA) is 100 Å². The first-order valence-corrected chi connectivity index (χ1v) is 12.2. The van der Waals surface area contributed by atoms with E-state index in [2.05, 4.69) is 20.3 Å². The largest absolute Gasteiger partial charge is 0.334 e. The number of halogens is 1. The Morgan fingerprint density at radius 2 is 1.65 bits per heavy atom. The van der Waals surface area contributed by atoms with Gasteiger partial charge in [-0.2, -0.15) is 0 Å². The summed E-state index contributed by atoms with van der Waals surface area (Å²) in [5.74, 6) is 0. The third-order valence-corrected chi connectivity index (χ3v) is 6.56. The predicted molar refractivity (Wildman–Crippen MR) is 134 cm³/mol. The van der Waals surface area contributed by atoms with Crippen molar-refractivity contribution in [2.75, 3.05) is 10.0 Å². The molecule has 34 heavy (non-hydrogen) atoms. The Morgan fingerprint density at radius 1 is 0.882 bits per heavy atom. The quantitative estimate of drug-likeness (QED) is 0.316. The van der Waals surface area contributed by atoms with Crippen molar-refractivity contribution >= 4 is 39.0 Å². The standard InChI is InChI=1S/C25H21ClN4O3S/c26-20-7-3-6-19(15-20)23-8-1-2-9-24(23)34(32,33)30-22-12-10-21(11-13-22)29-25(31)28-17-18-5-4-14-27-16-18/h1-16,30H,17H2,(H2,28,29,31). The molecule has 3 N–H and O–H groups in total. The molecular formula is C25H21ClN4O3S. The van der Waals surface area contributed by atoms with E-state index in [1.165, 1.54) is 0 Å². The van der Waals surface area contributed by atoms with Gasteiger partial charge < -0.3 is 10.6 Å². The van der Waals surface area contributed by atoms with E-state index >= 15 is 0 Å². The third-order valence-electron chi connectivity index (χ3n) is 4.88. The number of rotatable bonds is 7. The first-order chi connectivity index (χ1) is 16.4. The van der Waals surface area contributed by atoms with Crippen molar-refractivity contribution in [2.24, 2.45) is 0 Å². The van der Waals surface area contributed by atoms with Gasteiger partial charge in [-0.1, -0.05) is 48.0 Å². The molecule has 3 aromatic carbocycles. The number of nitrogens with zero attached hydrogens (tertiary/aromatic N) is 1. The summed E-state index contributed by atoms with van der Waals surface area (Å²) in [5, 5.41) is 5.96. The van der Waals surface area contributed by atoms with Gasteiger partial charge in [0.25, 0.3) is 10.0 Å². The first kappa shape index (κ1) is 23.3. The molecule has 0 saturated carbocycles. The van der Waals surface area contributed by atoms with Crippen LogP contribution in [-0.4, -0.2) is 19.4 Å². The van der Waals surface area contributed by atoms with Gasteiger partial charge in [0.2, 0.25) is 0 Å². The van der Waals surface area contributed by atoms with E-state index in [9.17, 15) is 13.2 Å². The molecule has 0 bridgehead atoms. The Labute approximate surface area is 202 Å². The van der Waals surface area contributed by atoms with E-state index < -0.39 is 10.0 Å². The monoisotopic (exact) mass is 492 g/mol. The summed E-state index contributed by atoms with van der Waals surface area (Å²) in [4.78, 5) is 16.3. The van der Waals surface area contributed by atoms with Crippen LogP contribution in [-0.2, 0) is 16.6 Å². The summed E-state index contributed by atoms with van der Waals surface area (Å²) < 4.78 is 28.9. The number of anilines is 2. The van der Waals surface area contributed by atoms with E-state index in [4.69, 9.17) is 11.6 Å². The molecular weight excluding hydrogens is 472 g/mol. The SMILES string of the molecule is O=C(NCc1cccnc1)Nc1ccc(NS(=O)(=O)c2ccccc2-c2cccc(Cl)c2)cc1. The maximum atomic E-state index is 13.1. The number of sulfonamides is 1. The smallest absolute Gasteiger partial charge is 0.319 e. The van der Waals surface area contributed by atoms with E-state index in [0.29, 0.717) is 34.1 Å². The first-order valence-electron chi connectivity index (χ1n) is 10.3. The van der Waals surface area contributed by atoms with Gasteiger partial charge in [0, 0.05) is 40.9 Å². The van der Waals surface area contributed by atoms with Gasteiger partial charge in [-0.25, -0.2) is 13.2 Å². The lowest BCUT2D eigenvalue weighted by atomic mass is 10.1. The zero-order valence-corrected chi connectivity index (χ0v) is 19.5. The van der Waals surface area contributed by atoms with Crippen LogP contribution < -0.4 is 15.4 Å². The lowest BCUT2D eigenvalue weighted by Gasteiger charge is -2.13. The van der Waals surface area contributed by atoms with Crippen molar-refractivity contribution in [3.05, 3.63) is 108 Å². The lowest BCUT2D eigenvalue weighted by Crippen LogP contribution is -2.28.